The zero-order valence-corrected chi connectivity index (χ0v) is 12.8. The van der Waals surface area contributed by atoms with Crippen LogP contribution in [0.4, 0.5) is 0 Å². The first kappa shape index (κ1) is 16.0. The molecule has 118 valence electrons. The molecule has 0 bridgehead atoms. The molecule has 1 aliphatic carbocycles. The molecule has 0 aromatic rings. The van der Waals surface area contributed by atoms with Gasteiger partial charge in [-0.25, -0.2) is 9.59 Å². The number of rotatable bonds is 4. The molecule has 2 aliphatic rings. The lowest BCUT2D eigenvalue weighted by Gasteiger charge is -2.33. The summed E-state index contributed by atoms with van der Waals surface area (Å²) in [5, 5.41) is 0. The van der Waals surface area contributed by atoms with Gasteiger partial charge in [0.2, 0.25) is 0 Å². The Hall–Kier alpha value is -1.41. The van der Waals surface area contributed by atoms with Crippen molar-refractivity contribution in [2.24, 2.45) is 0 Å². The van der Waals surface area contributed by atoms with E-state index in [1.54, 1.807) is 0 Å². The minimum atomic E-state index is -3.73. The van der Waals surface area contributed by atoms with Crippen LogP contribution in [0.2, 0.25) is 0 Å². The standard InChI is InChI=1S/C13H18O7S/c1-18-12(15)10-9(8-19-21(2,16)17)11(14)20-13(10)6-4-3-5-7-13/h3-8H2,1-2H3. The Bertz CT molecular complexity index is 582. The Morgan fingerprint density at radius 3 is 2.43 bits per heavy atom. The van der Waals surface area contributed by atoms with Gasteiger partial charge in [-0.15, -0.1) is 0 Å². The third-order valence-corrected chi connectivity index (χ3v) is 4.31. The predicted molar refractivity (Wildman–Crippen MR) is 71.7 cm³/mol. The molecule has 0 aromatic carbocycles. The van der Waals surface area contributed by atoms with Gasteiger partial charge in [0.15, 0.2) is 0 Å². The number of esters is 2. The van der Waals surface area contributed by atoms with E-state index in [0.29, 0.717) is 12.8 Å². The number of carbonyl (C=O) groups is 2. The SMILES string of the molecule is COC(=O)C1=C(COS(C)(=O)=O)C(=O)OC12CCCCC2. The first-order valence-electron chi connectivity index (χ1n) is 6.69. The van der Waals surface area contributed by atoms with Crippen molar-refractivity contribution in [1.29, 1.82) is 0 Å². The molecule has 21 heavy (non-hydrogen) atoms. The van der Waals surface area contributed by atoms with Gasteiger partial charge >= 0.3 is 11.9 Å². The third-order valence-electron chi connectivity index (χ3n) is 3.76. The van der Waals surface area contributed by atoms with Crippen LogP contribution in [-0.4, -0.2) is 45.9 Å². The van der Waals surface area contributed by atoms with Gasteiger partial charge in [0.1, 0.15) is 5.60 Å². The Labute approximate surface area is 123 Å². The summed E-state index contributed by atoms with van der Waals surface area (Å²) in [7, 11) is -2.52. The smallest absolute Gasteiger partial charge is 0.338 e. The molecule has 0 atom stereocenters. The fourth-order valence-electron chi connectivity index (χ4n) is 2.85. The molecule has 0 N–H and O–H groups in total. The molecule has 1 fully saturated rings. The monoisotopic (exact) mass is 318 g/mol. The van der Waals surface area contributed by atoms with Crippen LogP contribution in [0.15, 0.2) is 11.1 Å². The normalized spacial score (nSPS) is 21.5. The molecular weight excluding hydrogens is 300 g/mol. The van der Waals surface area contributed by atoms with Gasteiger partial charge in [-0.2, -0.15) is 8.42 Å². The van der Waals surface area contributed by atoms with Crippen molar-refractivity contribution in [1.82, 2.24) is 0 Å². The van der Waals surface area contributed by atoms with Crippen LogP contribution in [0.5, 0.6) is 0 Å². The molecule has 1 saturated carbocycles. The predicted octanol–water partition coefficient (Wildman–Crippen LogP) is 0.692. The molecule has 0 amide bonds. The number of methoxy groups -OCH3 is 1. The second kappa shape index (κ2) is 5.76. The molecule has 0 radical (unpaired) electrons. The summed E-state index contributed by atoms with van der Waals surface area (Å²) in [6.45, 7) is -0.510. The Kier molecular flexibility index (Phi) is 4.38. The summed E-state index contributed by atoms with van der Waals surface area (Å²) in [6.07, 6.45) is 4.60. The lowest BCUT2D eigenvalue weighted by molar-refractivity contribution is -0.151. The van der Waals surface area contributed by atoms with Crippen LogP contribution in [-0.2, 0) is 33.4 Å². The Balaban J connectivity index is 2.39. The van der Waals surface area contributed by atoms with E-state index in [0.717, 1.165) is 25.5 Å². The van der Waals surface area contributed by atoms with E-state index in [9.17, 15) is 18.0 Å². The molecule has 2 rings (SSSR count). The van der Waals surface area contributed by atoms with E-state index in [1.165, 1.54) is 7.11 Å². The van der Waals surface area contributed by atoms with Crippen LogP contribution in [0.3, 0.4) is 0 Å². The van der Waals surface area contributed by atoms with Gasteiger partial charge in [-0.3, -0.25) is 4.18 Å². The zero-order chi connectivity index (χ0) is 15.7. The average molecular weight is 318 g/mol. The lowest BCUT2D eigenvalue weighted by Crippen LogP contribution is -2.37. The number of hydrogen-bond donors (Lipinski definition) is 0. The lowest BCUT2D eigenvalue weighted by atomic mass is 9.79. The number of hydrogen-bond acceptors (Lipinski definition) is 7. The number of carbonyl (C=O) groups excluding carboxylic acids is 2. The van der Waals surface area contributed by atoms with Gasteiger partial charge in [0.05, 0.1) is 31.1 Å². The van der Waals surface area contributed by atoms with Crippen molar-refractivity contribution in [2.75, 3.05) is 20.0 Å². The van der Waals surface area contributed by atoms with Crippen molar-refractivity contribution in [3.8, 4) is 0 Å². The van der Waals surface area contributed by atoms with Crippen molar-refractivity contribution < 1.29 is 31.7 Å². The van der Waals surface area contributed by atoms with Crippen molar-refractivity contribution in [3.63, 3.8) is 0 Å². The molecule has 1 heterocycles. The summed E-state index contributed by atoms with van der Waals surface area (Å²) < 4.78 is 37.0. The van der Waals surface area contributed by atoms with Crippen molar-refractivity contribution in [3.05, 3.63) is 11.1 Å². The topological polar surface area (TPSA) is 96.0 Å². The van der Waals surface area contributed by atoms with Crippen LogP contribution < -0.4 is 0 Å². The Morgan fingerprint density at radius 2 is 1.90 bits per heavy atom. The van der Waals surface area contributed by atoms with E-state index in [2.05, 4.69) is 4.18 Å². The second-order valence-electron chi connectivity index (χ2n) is 5.26. The summed E-state index contributed by atoms with van der Waals surface area (Å²) >= 11 is 0. The van der Waals surface area contributed by atoms with Crippen molar-refractivity contribution in [2.45, 2.75) is 37.7 Å². The number of ether oxygens (including phenoxy) is 2. The quantitative estimate of drug-likeness (QED) is 0.556. The van der Waals surface area contributed by atoms with Gasteiger partial charge in [0.25, 0.3) is 10.1 Å². The maximum Gasteiger partial charge on any atom is 0.338 e. The maximum atomic E-state index is 12.1. The van der Waals surface area contributed by atoms with E-state index in [1.807, 2.05) is 0 Å². The van der Waals surface area contributed by atoms with Crippen LogP contribution in [0, 0.1) is 0 Å². The summed E-state index contributed by atoms with van der Waals surface area (Å²) in [5.74, 6) is -1.38. The van der Waals surface area contributed by atoms with Crippen LogP contribution in [0.1, 0.15) is 32.1 Å². The highest BCUT2D eigenvalue weighted by Crippen LogP contribution is 2.44. The molecule has 0 saturated heterocycles. The highest BCUT2D eigenvalue weighted by molar-refractivity contribution is 7.86. The Morgan fingerprint density at radius 1 is 1.29 bits per heavy atom. The minimum Gasteiger partial charge on any atom is -0.466 e. The van der Waals surface area contributed by atoms with Gasteiger partial charge in [-0.1, -0.05) is 6.42 Å². The van der Waals surface area contributed by atoms with Gasteiger partial charge in [0, 0.05) is 0 Å². The fraction of sp³-hybridized carbons (Fsp3) is 0.692. The molecule has 1 spiro atoms. The first-order chi connectivity index (χ1) is 9.79. The second-order valence-corrected chi connectivity index (χ2v) is 6.90. The van der Waals surface area contributed by atoms with Crippen LogP contribution >= 0.6 is 0 Å². The molecule has 8 heteroatoms. The maximum absolute atomic E-state index is 12.1. The first-order valence-corrected chi connectivity index (χ1v) is 8.50. The van der Waals surface area contributed by atoms with Gasteiger partial charge < -0.3 is 9.47 Å². The fourth-order valence-corrected chi connectivity index (χ4v) is 3.18. The summed E-state index contributed by atoms with van der Waals surface area (Å²) in [4.78, 5) is 24.1. The molecule has 0 unspecified atom stereocenters. The van der Waals surface area contributed by atoms with E-state index in [4.69, 9.17) is 9.47 Å². The van der Waals surface area contributed by atoms with Crippen LogP contribution in [0.25, 0.3) is 0 Å². The molecule has 0 aromatic heterocycles. The average Bonchev–Trinajstić information content (AvgIpc) is 2.67. The molecular formula is C13H18O7S. The zero-order valence-electron chi connectivity index (χ0n) is 12.0. The van der Waals surface area contributed by atoms with E-state index in [-0.39, 0.29) is 11.1 Å². The van der Waals surface area contributed by atoms with Crippen molar-refractivity contribution >= 4 is 22.1 Å². The summed E-state index contributed by atoms with van der Waals surface area (Å²) in [6, 6.07) is 0. The minimum absolute atomic E-state index is 0.0609. The molecule has 1 aliphatic heterocycles. The highest BCUT2D eigenvalue weighted by atomic mass is 32.2. The highest BCUT2D eigenvalue weighted by Gasteiger charge is 2.51. The third kappa shape index (κ3) is 3.26. The van der Waals surface area contributed by atoms with Gasteiger partial charge in [-0.05, 0) is 25.7 Å². The van der Waals surface area contributed by atoms with E-state index < -0.39 is 34.3 Å². The van der Waals surface area contributed by atoms with E-state index >= 15 is 0 Å². The summed E-state index contributed by atoms with van der Waals surface area (Å²) in [5.41, 5.74) is -0.939. The molecule has 7 nitrogen and oxygen atoms in total. The largest absolute Gasteiger partial charge is 0.466 e.